The Labute approximate surface area is 116 Å². The van der Waals surface area contributed by atoms with Gasteiger partial charge in [0.1, 0.15) is 0 Å². The summed E-state index contributed by atoms with van der Waals surface area (Å²) >= 11 is 0. The van der Waals surface area contributed by atoms with Crippen LogP contribution in [-0.2, 0) is 0 Å². The van der Waals surface area contributed by atoms with E-state index in [0.29, 0.717) is 12.0 Å². The molecule has 2 rings (SSSR count). The van der Waals surface area contributed by atoms with Crippen molar-refractivity contribution >= 4 is 0 Å². The van der Waals surface area contributed by atoms with Gasteiger partial charge in [0.25, 0.3) is 0 Å². The quantitative estimate of drug-likeness (QED) is 0.622. The molecule has 1 fully saturated rings. The molecule has 1 nitrogen and oxygen atoms in total. The molecule has 1 heteroatoms. The first-order valence-corrected chi connectivity index (χ1v) is 6.91. The summed E-state index contributed by atoms with van der Waals surface area (Å²) in [5.41, 5.74) is 2.61. The summed E-state index contributed by atoms with van der Waals surface area (Å²) in [4.78, 5) is 0. The number of terminal acetylenes is 1. The highest BCUT2D eigenvalue weighted by molar-refractivity contribution is 5.29. The maximum Gasteiger partial charge on any atom is 0.0214 e. The lowest BCUT2D eigenvalue weighted by Crippen LogP contribution is -2.43. The molecular formula is C18H21N. The summed E-state index contributed by atoms with van der Waals surface area (Å²) in [6.07, 6.45) is 13.8. The maximum atomic E-state index is 5.34. The van der Waals surface area contributed by atoms with Crippen molar-refractivity contribution in [2.24, 2.45) is 0 Å². The molecule has 0 aromatic heterocycles. The van der Waals surface area contributed by atoms with Gasteiger partial charge in [0.05, 0.1) is 0 Å². The number of rotatable bonds is 5. The van der Waals surface area contributed by atoms with Crippen molar-refractivity contribution in [2.75, 3.05) is 6.54 Å². The van der Waals surface area contributed by atoms with Crippen molar-refractivity contribution in [1.29, 1.82) is 0 Å². The first kappa shape index (κ1) is 13.6. The SMILES string of the molecule is C#C/C=C(\C=C/C)CN[C@@H]1CC[C@@H]1c1ccccc1. The van der Waals surface area contributed by atoms with Crippen LogP contribution < -0.4 is 5.32 Å². The molecule has 0 saturated heterocycles. The van der Waals surface area contributed by atoms with Gasteiger partial charge in [0.15, 0.2) is 0 Å². The molecule has 1 saturated carbocycles. The van der Waals surface area contributed by atoms with E-state index in [9.17, 15) is 0 Å². The number of benzene rings is 1. The summed E-state index contributed by atoms with van der Waals surface area (Å²) in [6, 6.07) is 11.3. The summed E-state index contributed by atoms with van der Waals surface area (Å²) in [7, 11) is 0. The standard InChI is InChI=1S/C18H21N/c1-3-8-15(9-4-2)14-19-18-13-12-17(18)16-10-6-5-7-11-16/h1,4-11,17-19H,12-14H2,2H3/b9-4-,15-8+/t17-,18-/m1/s1. The van der Waals surface area contributed by atoms with Gasteiger partial charge < -0.3 is 5.32 Å². The smallest absolute Gasteiger partial charge is 0.0214 e. The van der Waals surface area contributed by atoms with E-state index in [0.717, 1.165) is 6.54 Å². The first-order chi connectivity index (χ1) is 9.35. The third-order valence-corrected chi connectivity index (χ3v) is 3.72. The molecule has 0 aliphatic heterocycles. The lowest BCUT2D eigenvalue weighted by Gasteiger charge is -2.38. The monoisotopic (exact) mass is 251 g/mol. The molecule has 98 valence electrons. The fourth-order valence-electron chi connectivity index (χ4n) is 2.57. The first-order valence-electron chi connectivity index (χ1n) is 6.91. The van der Waals surface area contributed by atoms with Gasteiger partial charge in [-0.1, -0.05) is 48.4 Å². The van der Waals surface area contributed by atoms with Gasteiger partial charge in [0.2, 0.25) is 0 Å². The minimum absolute atomic E-state index is 0.578. The topological polar surface area (TPSA) is 12.0 Å². The second kappa shape index (κ2) is 6.97. The normalized spacial score (nSPS) is 23.1. The molecule has 1 N–H and O–H groups in total. The third-order valence-electron chi connectivity index (χ3n) is 3.72. The molecule has 0 heterocycles. The van der Waals surface area contributed by atoms with Crippen molar-refractivity contribution in [1.82, 2.24) is 5.32 Å². The minimum atomic E-state index is 0.578. The Morgan fingerprint density at radius 2 is 2.16 bits per heavy atom. The van der Waals surface area contributed by atoms with Crippen LogP contribution >= 0.6 is 0 Å². The van der Waals surface area contributed by atoms with E-state index >= 15 is 0 Å². The molecule has 1 aromatic rings. The van der Waals surface area contributed by atoms with Crippen LogP contribution in [0.5, 0.6) is 0 Å². The Bertz CT molecular complexity index is 490. The second-order valence-electron chi connectivity index (χ2n) is 4.97. The van der Waals surface area contributed by atoms with E-state index in [1.807, 2.05) is 19.1 Å². The number of hydrogen-bond donors (Lipinski definition) is 1. The van der Waals surface area contributed by atoms with Crippen LogP contribution in [0.4, 0.5) is 0 Å². The molecule has 1 aromatic carbocycles. The van der Waals surface area contributed by atoms with Crippen LogP contribution in [-0.4, -0.2) is 12.6 Å². The van der Waals surface area contributed by atoms with Crippen molar-refractivity contribution in [2.45, 2.75) is 31.7 Å². The van der Waals surface area contributed by atoms with E-state index in [4.69, 9.17) is 6.42 Å². The molecule has 0 amide bonds. The number of nitrogens with one attached hydrogen (secondary N) is 1. The lowest BCUT2D eigenvalue weighted by atomic mass is 9.75. The van der Waals surface area contributed by atoms with Gasteiger partial charge in [-0.2, -0.15) is 0 Å². The largest absolute Gasteiger partial charge is 0.309 e. The molecule has 19 heavy (non-hydrogen) atoms. The predicted molar refractivity (Wildman–Crippen MR) is 81.9 cm³/mol. The highest BCUT2D eigenvalue weighted by Crippen LogP contribution is 2.36. The van der Waals surface area contributed by atoms with Gasteiger partial charge in [-0.15, -0.1) is 6.42 Å². The van der Waals surface area contributed by atoms with Gasteiger partial charge in [-0.25, -0.2) is 0 Å². The van der Waals surface area contributed by atoms with E-state index in [1.54, 1.807) is 0 Å². The van der Waals surface area contributed by atoms with Crippen LogP contribution in [0, 0.1) is 12.3 Å². The van der Waals surface area contributed by atoms with Gasteiger partial charge >= 0.3 is 0 Å². The molecule has 1 aliphatic rings. The van der Waals surface area contributed by atoms with Crippen LogP contribution in [0.25, 0.3) is 0 Å². The van der Waals surface area contributed by atoms with Crippen LogP contribution in [0.15, 0.2) is 54.1 Å². The highest BCUT2D eigenvalue weighted by Gasteiger charge is 2.31. The zero-order chi connectivity index (χ0) is 13.5. The average molecular weight is 251 g/mol. The summed E-state index contributed by atoms with van der Waals surface area (Å²) < 4.78 is 0. The third kappa shape index (κ3) is 3.59. The van der Waals surface area contributed by atoms with Gasteiger partial charge in [-0.05, 0) is 42.9 Å². The van der Waals surface area contributed by atoms with Crippen LogP contribution in [0.2, 0.25) is 0 Å². The predicted octanol–water partition coefficient (Wildman–Crippen LogP) is 3.66. The van der Waals surface area contributed by atoms with Crippen molar-refractivity contribution in [3.05, 3.63) is 59.7 Å². The fourth-order valence-corrected chi connectivity index (χ4v) is 2.57. The zero-order valence-electron chi connectivity index (χ0n) is 11.5. The second-order valence-corrected chi connectivity index (χ2v) is 4.97. The Morgan fingerprint density at radius 3 is 2.74 bits per heavy atom. The van der Waals surface area contributed by atoms with E-state index in [1.165, 1.54) is 24.0 Å². The Kier molecular flexibility index (Phi) is 5.01. The van der Waals surface area contributed by atoms with E-state index < -0.39 is 0 Å². The number of hydrogen-bond acceptors (Lipinski definition) is 1. The minimum Gasteiger partial charge on any atom is -0.309 e. The molecule has 0 radical (unpaired) electrons. The van der Waals surface area contributed by atoms with Crippen molar-refractivity contribution in [3.63, 3.8) is 0 Å². The molecule has 2 atom stereocenters. The summed E-state index contributed by atoms with van der Waals surface area (Å²) in [5.74, 6) is 3.25. The average Bonchev–Trinajstić information content (AvgIpc) is 2.39. The number of allylic oxidation sites excluding steroid dienone is 2. The van der Waals surface area contributed by atoms with Gasteiger partial charge in [-0.3, -0.25) is 0 Å². The van der Waals surface area contributed by atoms with Crippen molar-refractivity contribution in [3.8, 4) is 12.3 Å². The van der Waals surface area contributed by atoms with Crippen LogP contribution in [0.1, 0.15) is 31.2 Å². The highest BCUT2D eigenvalue weighted by atomic mass is 14.9. The van der Waals surface area contributed by atoms with Gasteiger partial charge in [0, 0.05) is 12.6 Å². The summed E-state index contributed by atoms with van der Waals surface area (Å²) in [5, 5.41) is 3.62. The Balaban J connectivity index is 1.91. The molecule has 0 bridgehead atoms. The zero-order valence-corrected chi connectivity index (χ0v) is 11.5. The Hall–Kier alpha value is -1.78. The maximum absolute atomic E-state index is 5.34. The van der Waals surface area contributed by atoms with E-state index in [2.05, 4.69) is 47.6 Å². The van der Waals surface area contributed by atoms with Crippen molar-refractivity contribution < 1.29 is 0 Å². The fraction of sp³-hybridized carbons (Fsp3) is 0.333. The summed E-state index contributed by atoms with van der Waals surface area (Å²) in [6.45, 7) is 2.86. The Morgan fingerprint density at radius 1 is 1.37 bits per heavy atom. The molecular weight excluding hydrogens is 230 g/mol. The molecule has 0 spiro atoms. The van der Waals surface area contributed by atoms with E-state index in [-0.39, 0.29) is 0 Å². The molecule has 0 unspecified atom stereocenters. The molecule has 1 aliphatic carbocycles. The lowest BCUT2D eigenvalue weighted by molar-refractivity contribution is 0.291. The van der Waals surface area contributed by atoms with Crippen LogP contribution in [0.3, 0.4) is 0 Å².